The molecule has 2 heteroatoms. The molecule has 0 heterocycles. The van der Waals surface area contributed by atoms with Crippen LogP contribution in [0.4, 0.5) is 0 Å². The van der Waals surface area contributed by atoms with Gasteiger partial charge in [-0.15, -0.1) is 0 Å². The number of nitriles is 1. The number of Topliss-reactive ketones (excluding diaryl/α,β-unsaturated/α-hetero) is 1. The molecule has 2 nitrogen and oxygen atoms in total. The van der Waals surface area contributed by atoms with E-state index < -0.39 is 0 Å². The maximum Gasteiger partial charge on any atom is 0.133 e. The minimum absolute atomic E-state index is 0.0571. The van der Waals surface area contributed by atoms with Crippen molar-refractivity contribution >= 4 is 5.78 Å². The molecule has 0 radical (unpaired) electrons. The minimum Gasteiger partial charge on any atom is -0.300 e. The topological polar surface area (TPSA) is 40.9 Å². The number of carbonyl (C=O) groups excluding carboxylic acids is 1. The predicted octanol–water partition coefficient (Wildman–Crippen LogP) is 2.15. The first-order valence-corrected chi connectivity index (χ1v) is 4.37. The van der Waals surface area contributed by atoms with Crippen LogP contribution < -0.4 is 0 Å². The Balaban J connectivity index is 2.61. The fourth-order valence-corrected chi connectivity index (χ4v) is 2.16. The molecular formula is C10H15NO. The molecule has 0 aromatic heterocycles. The first-order chi connectivity index (χ1) is 5.50. The van der Waals surface area contributed by atoms with Gasteiger partial charge in [0.25, 0.3) is 0 Å². The van der Waals surface area contributed by atoms with Crippen molar-refractivity contribution in [3.8, 4) is 6.07 Å². The van der Waals surface area contributed by atoms with Gasteiger partial charge in [0.05, 0.1) is 6.07 Å². The quantitative estimate of drug-likeness (QED) is 0.629. The van der Waals surface area contributed by atoms with Crippen LogP contribution in [0.25, 0.3) is 0 Å². The number of hydrogen-bond acceptors (Lipinski definition) is 2. The zero-order valence-electron chi connectivity index (χ0n) is 7.92. The number of rotatable bonds is 2. The maximum atomic E-state index is 11.1. The van der Waals surface area contributed by atoms with Crippen LogP contribution in [0, 0.1) is 28.6 Å². The van der Waals surface area contributed by atoms with E-state index in [0.717, 1.165) is 6.42 Å². The Morgan fingerprint density at radius 3 is 2.58 bits per heavy atom. The number of hydrogen-bond donors (Lipinski definition) is 0. The molecule has 0 spiro atoms. The number of ketones is 1. The van der Waals surface area contributed by atoms with Gasteiger partial charge in [0.1, 0.15) is 5.78 Å². The summed E-state index contributed by atoms with van der Waals surface area (Å²) < 4.78 is 0. The summed E-state index contributed by atoms with van der Waals surface area (Å²) in [6, 6.07) is 2.17. The van der Waals surface area contributed by atoms with Gasteiger partial charge in [-0.25, -0.2) is 0 Å². The van der Waals surface area contributed by atoms with Gasteiger partial charge in [-0.3, -0.25) is 4.79 Å². The summed E-state index contributed by atoms with van der Waals surface area (Å²) in [5.74, 6) is 0.890. The summed E-state index contributed by atoms with van der Waals surface area (Å²) in [7, 11) is 0. The molecule has 1 aliphatic rings. The van der Waals surface area contributed by atoms with Crippen molar-refractivity contribution < 1.29 is 4.79 Å². The second kappa shape index (κ2) is 2.90. The monoisotopic (exact) mass is 165 g/mol. The molecule has 2 atom stereocenters. The molecule has 0 aromatic rings. The second-order valence-electron chi connectivity index (χ2n) is 4.28. The van der Waals surface area contributed by atoms with Crippen molar-refractivity contribution in [2.24, 2.45) is 17.3 Å². The van der Waals surface area contributed by atoms with E-state index in [-0.39, 0.29) is 17.1 Å². The molecule has 0 N–H and O–H groups in total. The molecule has 1 saturated carbocycles. The van der Waals surface area contributed by atoms with Gasteiger partial charge >= 0.3 is 0 Å². The highest BCUT2D eigenvalue weighted by atomic mass is 16.1. The van der Waals surface area contributed by atoms with Gasteiger partial charge in [0.2, 0.25) is 0 Å². The Labute approximate surface area is 73.6 Å². The van der Waals surface area contributed by atoms with E-state index in [2.05, 4.69) is 19.9 Å². The van der Waals surface area contributed by atoms with Crippen molar-refractivity contribution in [3.63, 3.8) is 0 Å². The van der Waals surface area contributed by atoms with Crippen LogP contribution in [0.15, 0.2) is 0 Å². The highest BCUT2D eigenvalue weighted by Crippen LogP contribution is 2.52. The molecule has 12 heavy (non-hydrogen) atoms. The maximum absolute atomic E-state index is 11.1. The second-order valence-corrected chi connectivity index (χ2v) is 4.28. The summed E-state index contributed by atoms with van der Waals surface area (Å²) in [5, 5.41) is 8.52. The summed E-state index contributed by atoms with van der Waals surface area (Å²) in [4.78, 5) is 11.1. The zero-order chi connectivity index (χ0) is 9.35. The van der Waals surface area contributed by atoms with Crippen LogP contribution >= 0.6 is 0 Å². The van der Waals surface area contributed by atoms with Gasteiger partial charge in [-0.05, 0) is 24.7 Å². The minimum atomic E-state index is 0.0571. The Morgan fingerprint density at radius 2 is 2.25 bits per heavy atom. The fraction of sp³-hybridized carbons (Fsp3) is 0.800. The van der Waals surface area contributed by atoms with Crippen molar-refractivity contribution in [3.05, 3.63) is 0 Å². The van der Waals surface area contributed by atoms with Gasteiger partial charge in [0.15, 0.2) is 0 Å². The summed E-state index contributed by atoms with van der Waals surface area (Å²) in [5.41, 5.74) is 0.0571. The highest BCUT2D eigenvalue weighted by Gasteiger charge is 2.49. The van der Waals surface area contributed by atoms with Crippen LogP contribution in [0.2, 0.25) is 0 Å². The average molecular weight is 165 g/mol. The molecule has 1 aliphatic carbocycles. The lowest BCUT2D eigenvalue weighted by molar-refractivity contribution is -0.135. The zero-order valence-corrected chi connectivity index (χ0v) is 7.92. The van der Waals surface area contributed by atoms with E-state index in [4.69, 9.17) is 5.26 Å². The molecule has 0 saturated heterocycles. The van der Waals surface area contributed by atoms with Crippen molar-refractivity contribution in [1.82, 2.24) is 0 Å². The summed E-state index contributed by atoms with van der Waals surface area (Å²) >= 11 is 0. The molecular weight excluding hydrogens is 150 g/mol. The third kappa shape index (κ3) is 1.24. The molecule has 1 fully saturated rings. The molecule has 2 unspecified atom stereocenters. The molecule has 0 aliphatic heterocycles. The van der Waals surface area contributed by atoms with E-state index in [1.54, 1.807) is 6.92 Å². The van der Waals surface area contributed by atoms with E-state index in [9.17, 15) is 4.79 Å². The normalized spacial score (nSPS) is 31.8. The van der Waals surface area contributed by atoms with E-state index in [1.165, 1.54) is 0 Å². The third-order valence-electron chi connectivity index (χ3n) is 3.30. The smallest absolute Gasteiger partial charge is 0.133 e. The van der Waals surface area contributed by atoms with Crippen LogP contribution in [-0.2, 0) is 4.79 Å². The largest absolute Gasteiger partial charge is 0.300 e. The van der Waals surface area contributed by atoms with Crippen LogP contribution in [0.5, 0.6) is 0 Å². The third-order valence-corrected chi connectivity index (χ3v) is 3.30. The van der Waals surface area contributed by atoms with Gasteiger partial charge in [-0.1, -0.05) is 13.8 Å². The standard InChI is InChI=1S/C10H15NO/c1-7(12)9-6-8(4-5-11)10(9,2)3/h8-9H,4,6H2,1-3H3. The summed E-state index contributed by atoms with van der Waals surface area (Å²) in [6.07, 6.45) is 1.51. The van der Waals surface area contributed by atoms with Crippen molar-refractivity contribution in [1.29, 1.82) is 5.26 Å². The van der Waals surface area contributed by atoms with Crippen LogP contribution in [-0.4, -0.2) is 5.78 Å². The molecule has 0 bridgehead atoms. The lowest BCUT2D eigenvalue weighted by Crippen LogP contribution is -2.47. The lowest BCUT2D eigenvalue weighted by Gasteiger charge is -2.50. The Morgan fingerprint density at radius 1 is 1.67 bits per heavy atom. The SMILES string of the molecule is CC(=O)C1CC(CC#N)C1(C)C. The van der Waals surface area contributed by atoms with E-state index >= 15 is 0 Å². The Kier molecular flexibility index (Phi) is 2.23. The molecule has 0 amide bonds. The van der Waals surface area contributed by atoms with Gasteiger partial charge in [-0.2, -0.15) is 5.26 Å². The Hall–Kier alpha value is -0.840. The highest BCUT2D eigenvalue weighted by molar-refractivity contribution is 5.80. The summed E-state index contributed by atoms with van der Waals surface area (Å²) in [6.45, 7) is 5.82. The van der Waals surface area contributed by atoms with E-state index in [1.807, 2.05) is 0 Å². The Bertz CT molecular complexity index is 237. The molecule has 1 rings (SSSR count). The first kappa shape index (κ1) is 9.25. The van der Waals surface area contributed by atoms with Crippen molar-refractivity contribution in [2.75, 3.05) is 0 Å². The van der Waals surface area contributed by atoms with Gasteiger partial charge in [0, 0.05) is 12.3 Å². The van der Waals surface area contributed by atoms with Crippen molar-refractivity contribution in [2.45, 2.75) is 33.6 Å². The predicted molar refractivity (Wildman–Crippen MR) is 46.3 cm³/mol. The van der Waals surface area contributed by atoms with Crippen LogP contribution in [0.1, 0.15) is 33.6 Å². The lowest BCUT2D eigenvalue weighted by atomic mass is 9.53. The molecule has 66 valence electrons. The average Bonchev–Trinajstić information content (AvgIpc) is 1.96. The fourth-order valence-electron chi connectivity index (χ4n) is 2.16. The van der Waals surface area contributed by atoms with E-state index in [0.29, 0.717) is 12.3 Å². The first-order valence-electron chi connectivity index (χ1n) is 4.37. The van der Waals surface area contributed by atoms with Crippen LogP contribution in [0.3, 0.4) is 0 Å². The number of carbonyl (C=O) groups is 1. The van der Waals surface area contributed by atoms with Gasteiger partial charge < -0.3 is 0 Å². The number of nitrogens with zero attached hydrogens (tertiary/aromatic N) is 1. The molecule has 0 aromatic carbocycles.